The predicted molar refractivity (Wildman–Crippen MR) is 164 cm³/mol. The van der Waals surface area contributed by atoms with Gasteiger partial charge in [0.2, 0.25) is 0 Å². The van der Waals surface area contributed by atoms with Crippen LogP contribution in [-0.2, 0) is 11.2 Å². The molecule has 0 radical (unpaired) electrons. The van der Waals surface area contributed by atoms with Gasteiger partial charge in [-0.15, -0.1) is 0 Å². The van der Waals surface area contributed by atoms with Crippen molar-refractivity contribution >= 4 is 28.7 Å². The molecular formula is C33H31N5O5. The second-order valence-electron chi connectivity index (χ2n) is 9.62. The molecule has 10 nitrogen and oxygen atoms in total. The Hall–Kier alpha value is -5.69. The minimum Gasteiger partial charge on any atom is -0.493 e. The lowest BCUT2D eigenvalue weighted by Gasteiger charge is -2.12. The highest BCUT2D eigenvalue weighted by atomic mass is 16.5. The van der Waals surface area contributed by atoms with Crippen molar-refractivity contribution in [2.75, 3.05) is 31.5 Å². The molecule has 0 unspecified atom stereocenters. The predicted octanol–water partition coefficient (Wildman–Crippen LogP) is 7.25. The van der Waals surface area contributed by atoms with E-state index in [0.29, 0.717) is 52.5 Å². The molecule has 0 aliphatic carbocycles. The molecule has 5 aromatic rings. The van der Waals surface area contributed by atoms with Crippen molar-refractivity contribution in [3.63, 3.8) is 0 Å². The molecule has 0 fully saturated rings. The third-order valence-corrected chi connectivity index (χ3v) is 6.81. The van der Waals surface area contributed by atoms with E-state index in [9.17, 15) is 10.1 Å². The molecule has 10 heteroatoms. The highest BCUT2D eigenvalue weighted by molar-refractivity contribution is 5.92. The first-order valence-corrected chi connectivity index (χ1v) is 13.6. The van der Waals surface area contributed by atoms with Crippen molar-refractivity contribution in [3.05, 3.63) is 102 Å². The van der Waals surface area contributed by atoms with Crippen LogP contribution in [0.4, 0.5) is 21.9 Å². The average Bonchev–Trinajstić information content (AvgIpc) is 3.35. The fourth-order valence-electron chi connectivity index (χ4n) is 4.62. The Kier molecular flexibility index (Phi) is 8.93. The van der Waals surface area contributed by atoms with Gasteiger partial charge in [-0.3, -0.25) is 5.32 Å². The Labute approximate surface area is 249 Å². The maximum Gasteiger partial charge on any atom is 0.411 e. The summed E-state index contributed by atoms with van der Waals surface area (Å²) in [6.45, 7) is 2.09. The van der Waals surface area contributed by atoms with Gasteiger partial charge in [0.05, 0.1) is 55.7 Å². The van der Waals surface area contributed by atoms with Crippen LogP contribution >= 0.6 is 0 Å². The summed E-state index contributed by atoms with van der Waals surface area (Å²) in [4.78, 5) is 12.6. The molecule has 218 valence electrons. The average molecular weight is 578 g/mol. The highest BCUT2D eigenvalue weighted by Crippen LogP contribution is 2.33. The fraction of sp³-hybridized carbons (Fsp3) is 0.182. The number of aryl methyl sites for hydroxylation is 2. The Morgan fingerprint density at radius 2 is 1.72 bits per heavy atom. The Morgan fingerprint density at radius 3 is 2.44 bits per heavy atom. The van der Waals surface area contributed by atoms with Crippen LogP contribution in [0.25, 0.3) is 5.52 Å². The fourth-order valence-corrected chi connectivity index (χ4v) is 4.62. The van der Waals surface area contributed by atoms with Crippen LogP contribution in [0.1, 0.15) is 23.1 Å². The summed E-state index contributed by atoms with van der Waals surface area (Å²) >= 11 is 0. The van der Waals surface area contributed by atoms with E-state index in [1.807, 2.05) is 79.7 Å². The number of nitrogens with zero attached hydrogens (tertiary/aromatic N) is 3. The Morgan fingerprint density at radius 1 is 0.977 bits per heavy atom. The van der Waals surface area contributed by atoms with Crippen LogP contribution in [0.5, 0.6) is 23.0 Å². The second-order valence-corrected chi connectivity index (χ2v) is 9.62. The number of hydrogen-bond acceptors (Lipinski definition) is 8. The summed E-state index contributed by atoms with van der Waals surface area (Å²) < 4.78 is 23.6. The number of benzene rings is 3. The van der Waals surface area contributed by atoms with Gasteiger partial charge in [0.25, 0.3) is 0 Å². The molecule has 3 aromatic carbocycles. The summed E-state index contributed by atoms with van der Waals surface area (Å²) in [5, 5.41) is 20.3. The van der Waals surface area contributed by atoms with E-state index in [4.69, 9.17) is 18.9 Å². The molecule has 43 heavy (non-hydrogen) atoms. The van der Waals surface area contributed by atoms with Gasteiger partial charge in [-0.2, -0.15) is 10.4 Å². The first kappa shape index (κ1) is 28.8. The lowest BCUT2D eigenvalue weighted by molar-refractivity contribution is 0.160. The van der Waals surface area contributed by atoms with Crippen molar-refractivity contribution in [1.82, 2.24) is 9.61 Å². The number of para-hydroxylation sites is 1. The van der Waals surface area contributed by atoms with Crippen LogP contribution in [0.3, 0.4) is 0 Å². The molecule has 0 atom stereocenters. The topological polar surface area (TPSA) is 119 Å². The molecule has 0 saturated carbocycles. The van der Waals surface area contributed by atoms with Gasteiger partial charge in [-0.1, -0.05) is 24.3 Å². The van der Waals surface area contributed by atoms with Crippen LogP contribution in [0.2, 0.25) is 0 Å². The lowest BCUT2D eigenvalue weighted by atomic mass is 10.1. The molecule has 2 aromatic heterocycles. The van der Waals surface area contributed by atoms with Crippen molar-refractivity contribution in [1.29, 1.82) is 5.26 Å². The van der Waals surface area contributed by atoms with Gasteiger partial charge in [0.15, 0.2) is 11.5 Å². The van der Waals surface area contributed by atoms with Crippen LogP contribution in [0, 0.1) is 18.3 Å². The maximum atomic E-state index is 12.6. The molecule has 2 N–H and O–H groups in total. The molecule has 0 aliphatic heterocycles. The minimum atomic E-state index is -0.574. The van der Waals surface area contributed by atoms with Crippen molar-refractivity contribution in [2.24, 2.45) is 0 Å². The molecule has 2 heterocycles. The first-order valence-electron chi connectivity index (χ1n) is 13.6. The van der Waals surface area contributed by atoms with E-state index in [0.717, 1.165) is 22.6 Å². The number of nitriles is 1. The third-order valence-electron chi connectivity index (χ3n) is 6.81. The SMILES string of the molecule is COc1ccc(CCCOC(=O)Nc2cn3ncc(C#N)c(Nc4ccc(Oc5ccccc5)cc4)c3c2C)cc1OC. The number of ether oxygens (including phenoxy) is 4. The number of carbonyl (C=O) groups is 1. The zero-order valence-electron chi connectivity index (χ0n) is 24.1. The monoisotopic (exact) mass is 577 g/mol. The Balaban J connectivity index is 1.24. The largest absolute Gasteiger partial charge is 0.493 e. The number of hydrogen-bond donors (Lipinski definition) is 2. The summed E-state index contributed by atoms with van der Waals surface area (Å²) in [7, 11) is 3.19. The quantitative estimate of drug-likeness (QED) is 0.158. The zero-order chi connectivity index (χ0) is 30.2. The summed E-state index contributed by atoms with van der Waals surface area (Å²) in [6.07, 6.45) is 3.94. The maximum absolute atomic E-state index is 12.6. The number of rotatable bonds is 11. The van der Waals surface area contributed by atoms with E-state index in [2.05, 4.69) is 21.8 Å². The summed E-state index contributed by atoms with van der Waals surface area (Å²) in [6, 6.07) is 24.9. The van der Waals surface area contributed by atoms with Crippen molar-refractivity contribution < 1.29 is 23.7 Å². The van der Waals surface area contributed by atoms with E-state index in [1.54, 1.807) is 24.9 Å². The number of carbonyl (C=O) groups excluding carboxylic acids is 1. The number of aromatic nitrogens is 2. The van der Waals surface area contributed by atoms with E-state index < -0.39 is 6.09 Å². The Bertz CT molecular complexity index is 1760. The van der Waals surface area contributed by atoms with Crippen molar-refractivity contribution in [3.8, 4) is 29.1 Å². The van der Waals surface area contributed by atoms with Gasteiger partial charge < -0.3 is 24.3 Å². The number of nitrogens with one attached hydrogen (secondary N) is 2. The number of anilines is 3. The van der Waals surface area contributed by atoms with Crippen molar-refractivity contribution in [2.45, 2.75) is 19.8 Å². The van der Waals surface area contributed by atoms with Crippen LogP contribution < -0.4 is 24.8 Å². The van der Waals surface area contributed by atoms with Crippen LogP contribution in [-0.4, -0.2) is 36.5 Å². The lowest BCUT2D eigenvalue weighted by Crippen LogP contribution is -2.14. The standard InChI is InChI=1S/C33H31N5O5/c1-22-28(37-33(39)42-17-7-8-23-11-16-29(40-2)30(18-23)41-3)21-38-32(22)31(24(19-34)20-35-38)36-25-12-14-27(15-13-25)43-26-9-5-4-6-10-26/h4-6,9-16,18,20-21,36H,7-8,17H2,1-3H3,(H,37,39). The number of fused-ring (bicyclic) bond motifs is 1. The van der Waals surface area contributed by atoms with Gasteiger partial charge in [0, 0.05) is 11.3 Å². The summed E-state index contributed by atoms with van der Waals surface area (Å²) in [5.41, 5.74) is 4.67. The zero-order valence-corrected chi connectivity index (χ0v) is 24.1. The molecule has 1 amide bonds. The van der Waals surface area contributed by atoms with Gasteiger partial charge in [0.1, 0.15) is 17.6 Å². The number of methoxy groups -OCH3 is 2. The molecule has 0 saturated heterocycles. The van der Waals surface area contributed by atoms with Gasteiger partial charge in [-0.05, 0) is 73.9 Å². The first-order chi connectivity index (χ1) is 21.0. The van der Waals surface area contributed by atoms with E-state index >= 15 is 0 Å². The van der Waals surface area contributed by atoms with Crippen LogP contribution in [0.15, 0.2) is 85.2 Å². The molecule has 5 rings (SSSR count). The van der Waals surface area contributed by atoms with Gasteiger partial charge >= 0.3 is 6.09 Å². The third kappa shape index (κ3) is 6.80. The summed E-state index contributed by atoms with van der Waals surface area (Å²) in [5.74, 6) is 2.75. The second kappa shape index (κ2) is 13.3. The minimum absolute atomic E-state index is 0.236. The molecule has 0 spiro atoms. The van der Waals surface area contributed by atoms with Gasteiger partial charge in [-0.25, -0.2) is 9.31 Å². The number of amides is 1. The van der Waals surface area contributed by atoms with E-state index in [1.165, 1.54) is 6.20 Å². The highest BCUT2D eigenvalue weighted by Gasteiger charge is 2.18. The normalized spacial score (nSPS) is 10.6. The smallest absolute Gasteiger partial charge is 0.411 e. The molecule has 0 aliphatic rings. The molecule has 0 bridgehead atoms. The molecular weight excluding hydrogens is 546 g/mol. The van der Waals surface area contributed by atoms with E-state index in [-0.39, 0.29) is 6.61 Å².